The zero-order chi connectivity index (χ0) is 23.4. The van der Waals surface area contributed by atoms with E-state index in [9.17, 15) is 4.79 Å². The number of benzene rings is 2. The van der Waals surface area contributed by atoms with E-state index >= 15 is 0 Å². The van der Waals surface area contributed by atoms with E-state index in [1.165, 1.54) is 0 Å². The molecule has 2 aliphatic heterocycles. The molecule has 2 aromatic rings. The fourth-order valence-electron chi connectivity index (χ4n) is 4.11. The van der Waals surface area contributed by atoms with Crippen molar-refractivity contribution < 1.29 is 9.53 Å². The van der Waals surface area contributed by atoms with Gasteiger partial charge in [0.2, 0.25) is 6.17 Å². The summed E-state index contributed by atoms with van der Waals surface area (Å²) in [4.78, 5) is 19.7. The van der Waals surface area contributed by atoms with E-state index in [1.807, 2.05) is 24.3 Å². The van der Waals surface area contributed by atoms with Gasteiger partial charge in [0.15, 0.2) is 5.11 Å². The molecular formula is C24H26Cl2N4O2S. The molecule has 2 aromatic carbocycles. The average Bonchev–Trinajstić information content (AvgIpc) is 2.90. The van der Waals surface area contributed by atoms with Crippen LogP contribution in [-0.4, -0.2) is 49.7 Å². The number of fused-ring (bicyclic) bond motifs is 1. The number of hydrogen-bond acceptors (Lipinski definition) is 4. The minimum Gasteiger partial charge on any atom is -0.381 e. The fraction of sp³-hybridized carbons (Fsp3) is 0.375. The van der Waals surface area contributed by atoms with Gasteiger partial charge in [-0.05, 0) is 61.7 Å². The van der Waals surface area contributed by atoms with Crippen LogP contribution in [-0.2, 0) is 9.53 Å². The van der Waals surface area contributed by atoms with Crippen LogP contribution in [0.5, 0.6) is 0 Å². The number of halogens is 2. The maximum absolute atomic E-state index is 13.3. The van der Waals surface area contributed by atoms with Crippen molar-refractivity contribution in [2.75, 3.05) is 31.7 Å². The SMILES string of the molecule is CN1C(=O)C(NC(=S)NCCC2CCOCC2)N=C(c2ccccc2Cl)c2cc(Cl)ccc21. The number of anilines is 1. The van der Waals surface area contributed by atoms with Gasteiger partial charge < -0.3 is 20.3 Å². The van der Waals surface area contributed by atoms with Gasteiger partial charge in [-0.15, -0.1) is 0 Å². The van der Waals surface area contributed by atoms with Crippen LogP contribution in [0.1, 0.15) is 30.4 Å². The van der Waals surface area contributed by atoms with Crippen LogP contribution in [0.2, 0.25) is 10.0 Å². The van der Waals surface area contributed by atoms with Gasteiger partial charge in [-0.3, -0.25) is 4.79 Å². The predicted octanol–water partition coefficient (Wildman–Crippen LogP) is 4.41. The molecule has 0 aliphatic carbocycles. The molecule has 2 aliphatic rings. The Hall–Kier alpha value is -2.19. The van der Waals surface area contributed by atoms with Gasteiger partial charge in [0.1, 0.15) is 0 Å². The van der Waals surface area contributed by atoms with Crippen molar-refractivity contribution in [2.45, 2.75) is 25.4 Å². The van der Waals surface area contributed by atoms with Crippen molar-refractivity contribution in [1.29, 1.82) is 0 Å². The molecule has 33 heavy (non-hydrogen) atoms. The number of amides is 1. The van der Waals surface area contributed by atoms with Gasteiger partial charge >= 0.3 is 0 Å². The molecule has 0 bridgehead atoms. The largest absolute Gasteiger partial charge is 0.381 e. The van der Waals surface area contributed by atoms with Crippen molar-refractivity contribution in [2.24, 2.45) is 10.9 Å². The maximum Gasteiger partial charge on any atom is 0.272 e. The van der Waals surface area contributed by atoms with Crippen LogP contribution in [0, 0.1) is 5.92 Å². The third-order valence-electron chi connectivity index (χ3n) is 5.97. The fourth-order valence-corrected chi connectivity index (χ4v) is 4.72. The van der Waals surface area contributed by atoms with Crippen LogP contribution < -0.4 is 15.5 Å². The number of aliphatic imine (C=N–C) groups is 1. The number of thiocarbonyl (C=S) groups is 1. The number of hydrogen-bond donors (Lipinski definition) is 2. The number of likely N-dealkylation sites (N-methyl/N-ethyl adjacent to an activating group) is 1. The number of benzodiazepines with no additional fused rings is 1. The summed E-state index contributed by atoms with van der Waals surface area (Å²) in [5.74, 6) is 0.401. The first-order valence-electron chi connectivity index (χ1n) is 11.0. The molecule has 1 saturated heterocycles. The van der Waals surface area contributed by atoms with E-state index in [4.69, 9.17) is 45.1 Å². The van der Waals surface area contributed by atoms with Crippen molar-refractivity contribution in [3.8, 4) is 0 Å². The van der Waals surface area contributed by atoms with E-state index < -0.39 is 6.17 Å². The van der Waals surface area contributed by atoms with E-state index in [2.05, 4.69) is 10.6 Å². The highest BCUT2D eigenvalue weighted by molar-refractivity contribution is 7.80. The summed E-state index contributed by atoms with van der Waals surface area (Å²) in [6.45, 7) is 2.37. The topological polar surface area (TPSA) is 66.0 Å². The Morgan fingerprint density at radius 2 is 1.94 bits per heavy atom. The Kier molecular flexibility index (Phi) is 7.86. The monoisotopic (exact) mass is 504 g/mol. The normalized spacial score (nSPS) is 18.9. The number of nitrogens with zero attached hydrogens (tertiary/aromatic N) is 2. The number of carbonyl (C=O) groups is 1. The molecule has 2 N–H and O–H groups in total. The third-order valence-corrected chi connectivity index (χ3v) is 6.80. The lowest BCUT2D eigenvalue weighted by molar-refractivity contribution is -0.119. The van der Waals surface area contributed by atoms with E-state index in [0.29, 0.717) is 32.5 Å². The predicted molar refractivity (Wildman–Crippen MR) is 138 cm³/mol. The van der Waals surface area contributed by atoms with Crippen LogP contribution in [0.3, 0.4) is 0 Å². The zero-order valence-electron chi connectivity index (χ0n) is 18.3. The molecule has 6 nitrogen and oxygen atoms in total. The second-order valence-electron chi connectivity index (χ2n) is 8.16. The highest BCUT2D eigenvalue weighted by Crippen LogP contribution is 2.31. The van der Waals surface area contributed by atoms with Crippen LogP contribution in [0.25, 0.3) is 0 Å². The number of nitrogens with one attached hydrogen (secondary N) is 2. The van der Waals surface area contributed by atoms with Gasteiger partial charge in [-0.1, -0.05) is 41.4 Å². The third kappa shape index (κ3) is 5.66. The lowest BCUT2D eigenvalue weighted by Crippen LogP contribution is -2.49. The first-order valence-corrected chi connectivity index (χ1v) is 12.1. The summed E-state index contributed by atoms with van der Waals surface area (Å²) >= 11 is 18.3. The Morgan fingerprint density at radius 1 is 1.18 bits per heavy atom. The molecule has 9 heteroatoms. The molecule has 0 spiro atoms. The van der Waals surface area contributed by atoms with Gasteiger partial charge in [-0.2, -0.15) is 0 Å². The van der Waals surface area contributed by atoms with Crippen LogP contribution in [0.15, 0.2) is 47.5 Å². The molecule has 174 valence electrons. The maximum atomic E-state index is 13.3. The molecule has 1 atom stereocenters. The minimum absolute atomic E-state index is 0.228. The average molecular weight is 505 g/mol. The second-order valence-corrected chi connectivity index (χ2v) is 9.42. The Balaban J connectivity index is 1.58. The second kappa shape index (κ2) is 10.8. The number of ether oxygens (including phenoxy) is 1. The van der Waals surface area contributed by atoms with Crippen molar-refractivity contribution in [3.63, 3.8) is 0 Å². The molecule has 4 rings (SSSR count). The molecule has 2 heterocycles. The highest BCUT2D eigenvalue weighted by atomic mass is 35.5. The van der Waals surface area contributed by atoms with Gasteiger partial charge in [-0.25, -0.2) is 4.99 Å². The standard InChI is InChI=1S/C24H26Cl2N4O2S/c1-30-20-7-6-16(25)14-18(20)21(17-4-2-3-5-19(17)26)28-22(23(30)31)29-24(33)27-11-8-15-9-12-32-13-10-15/h2-7,14-15,22H,8-13H2,1H3,(H2,27,29,33). The lowest BCUT2D eigenvalue weighted by Gasteiger charge is -2.23. The summed E-state index contributed by atoms with van der Waals surface area (Å²) < 4.78 is 5.42. The quantitative estimate of drug-likeness (QED) is 0.590. The molecule has 1 unspecified atom stereocenters. The molecule has 1 fully saturated rings. The van der Waals surface area contributed by atoms with Crippen molar-refractivity contribution in [3.05, 3.63) is 63.6 Å². The van der Waals surface area contributed by atoms with Gasteiger partial charge in [0, 0.05) is 48.0 Å². The Bertz CT molecular complexity index is 1070. The van der Waals surface area contributed by atoms with Gasteiger partial charge in [0.05, 0.1) is 11.4 Å². The Labute approximate surface area is 209 Å². The molecular weight excluding hydrogens is 479 g/mol. The minimum atomic E-state index is -0.907. The number of carbonyl (C=O) groups excluding carboxylic acids is 1. The molecule has 0 aromatic heterocycles. The molecule has 0 radical (unpaired) electrons. The molecule has 1 amide bonds. The van der Waals surface area contributed by atoms with E-state index in [-0.39, 0.29) is 5.91 Å². The Morgan fingerprint density at radius 3 is 2.70 bits per heavy atom. The number of rotatable bonds is 5. The summed E-state index contributed by atoms with van der Waals surface area (Å²) in [5.41, 5.74) is 2.73. The van der Waals surface area contributed by atoms with Crippen LogP contribution >= 0.6 is 35.4 Å². The summed E-state index contributed by atoms with van der Waals surface area (Å²) in [6.07, 6.45) is 2.23. The van der Waals surface area contributed by atoms with E-state index in [0.717, 1.165) is 50.1 Å². The van der Waals surface area contributed by atoms with Crippen molar-refractivity contribution in [1.82, 2.24) is 10.6 Å². The summed E-state index contributed by atoms with van der Waals surface area (Å²) in [6, 6.07) is 12.8. The first kappa shape index (κ1) is 24.0. The van der Waals surface area contributed by atoms with Gasteiger partial charge in [0.25, 0.3) is 5.91 Å². The highest BCUT2D eigenvalue weighted by Gasteiger charge is 2.31. The van der Waals surface area contributed by atoms with Crippen molar-refractivity contribution >= 4 is 57.8 Å². The molecule has 0 saturated carbocycles. The van der Waals surface area contributed by atoms with E-state index in [1.54, 1.807) is 30.1 Å². The summed E-state index contributed by atoms with van der Waals surface area (Å²) in [5, 5.41) is 7.78. The summed E-state index contributed by atoms with van der Waals surface area (Å²) in [7, 11) is 1.72. The zero-order valence-corrected chi connectivity index (χ0v) is 20.6. The van der Waals surface area contributed by atoms with Crippen LogP contribution in [0.4, 0.5) is 5.69 Å². The first-order chi connectivity index (χ1) is 15.9. The lowest BCUT2D eigenvalue weighted by atomic mass is 9.97. The smallest absolute Gasteiger partial charge is 0.272 e.